The number of aryl methyl sites for hydroxylation is 1. The molecular weight excluding hydrogens is 405 g/mol. The van der Waals surface area contributed by atoms with Crippen molar-refractivity contribution in [2.45, 2.75) is 57.5 Å². The number of nitrogens with one attached hydrogen (secondary N) is 1. The van der Waals surface area contributed by atoms with Crippen LogP contribution in [0.2, 0.25) is 0 Å². The molecule has 168 valence electrons. The summed E-state index contributed by atoms with van der Waals surface area (Å²) in [6.45, 7) is 5.46. The largest absolute Gasteiger partial charge is 0.490 e. The number of alkyl halides is 3. The lowest BCUT2D eigenvalue weighted by atomic mass is 9.79. The molecular formula is C20H27F3N2O5. The fraction of sp³-hybridized carbons (Fsp3) is 0.700. The molecule has 0 spiro atoms. The molecule has 0 radical (unpaired) electrons. The minimum absolute atomic E-state index is 0.107. The van der Waals surface area contributed by atoms with Gasteiger partial charge in [0.2, 0.25) is 5.91 Å². The highest BCUT2D eigenvalue weighted by atomic mass is 19.4. The highest BCUT2D eigenvalue weighted by Crippen LogP contribution is 2.34. The molecule has 1 aromatic rings. The lowest BCUT2D eigenvalue weighted by molar-refractivity contribution is -0.192. The van der Waals surface area contributed by atoms with Gasteiger partial charge < -0.3 is 19.6 Å². The molecule has 1 aliphatic carbocycles. The predicted molar refractivity (Wildman–Crippen MR) is 99.5 cm³/mol. The number of ether oxygens (including phenoxy) is 1. The van der Waals surface area contributed by atoms with Crippen molar-refractivity contribution in [1.82, 2.24) is 10.2 Å². The molecule has 4 rings (SSSR count). The summed E-state index contributed by atoms with van der Waals surface area (Å²) in [6.07, 6.45) is -0.682. The van der Waals surface area contributed by atoms with Crippen LogP contribution >= 0.6 is 0 Å². The number of halogens is 3. The maximum atomic E-state index is 12.6. The van der Waals surface area contributed by atoms with Crippen molar-refractivity contribution >= 4 is 11.9 Å². The summed E-state index contributed by atoms with van der Waals surface area (Å²) in [6, 6.07) is 4.50. The zero-order valence-electron chi connectivity index (χ0n) is 16.8. The Kier molecular flexibility index (Phi) is 7.07. The SMILES string of the molecule is Cc1ccc(CN2CC[C@H]3OCC[C@@H](C(=O)NC4CC4)[C@@H]3C2)o1.O=C(O)C(F)(F)F. The first kappa shape index (κ1) is 22.6. The van der Waals surface area contributed by atoms with E-state index in [1.165, 1.54) is 0 Å². The third kappa shape index (κ3) is 6.21. The zero-order valence-corrected chi connectivity index (χ0v) is 16.8. The van der Waals surface area contributed by atoms with E-state index >= 15 is 0 Å². The van der Waals surface area contributed by atoms with Crippen molar-refractivity contribution in [3.05, 3.63) is 23.7 Å². The Bertz CT molecular complexity index is 747. The van der Waals surface area contributed by atoms with Gasteiger partial charge in [0.1, 0.15) is 11.5 Å². The number of aliphatic carboxylic acids is 1. The summed E-state index contributed by atoms with van der Waals surface area (Å²) < 4.78 is 43.4. The molecule has 2 aliphatic heterocycles. The van der Waals surface area contributed by atoms with Crippen LogP contribution in [0.25, 0.3) is 0 Å². The van der Waals surface area contributed by atoms with Gasteiger partial charge in [0.05, 0.1) is 12.6 Å². The van der Waals surface area contributed by atoms with E-state index in [1.807, 2.05) is 13.0 Å². The molecule has 7 nitrogen and oxygen atoms in total. The van der Waals surface area contributed by atoms with Crippen molar-refractivity contribution in [1.29, 1.82) is 0 Å². The first-order valence-corrected chi connectivity index (χ1v) is 10.1. The van der Waals surface area contributed by atoms with Crippen LogP contribution in [-0.2, 0) is 20.9 Å². The van der Waals surface area contributed by atoms with Crippen LogP contribution in [-0.4, -0.2) is 59.9 Å². The lowest BCUT2D eigenvalue weighted by Crippen LogP contribution is -2.53. The van der Waals surface area contributed by atoms with E-state index in [1.54, 1.807) is 0 Å². The second kappa shape index (κ2) is 9.38. The van der Waals surface area contributed by atoms with Gasteiger partial charge in [-0.05, 0) is 44.7 Å². The lowest BCUT2D eigenvalue weighted by Gasteiger charge is -2.44. The van der Waals surface area contributed by atoms with E-state index in [-0.39, 0.29) is 17.9 Å². The maximum Gasteiger partial charge on any atom is 0.490 e. The molecule has 3 aliphatic rings. The molecule has 3 heterocycles. The number of piperidine rings is 1. The number of carboxylic acid groups (broad SMARTS) is 1. The van der Waals surface area contributed by atoms with Gasteiger partial charge >= 0.3 is 12.1 Å². The van der Waals surface area contributed by atoms with Gasteiger partial charge in [0, 0.05) is 37.6 Å². The van der Waals surface area contributed by atoms with Crippen LogP contribution in [0.15, 0.2) is 16.5 Å². The number of carbonyl (C=O) groups excluding carboxylic acids is 1. The summed E-state index contributed by atoms with van der Waals surface area (Å²) in [5.74, 6) is -0.119. The number of rotatable bonds is 4. The average molecular weight is 432 g/mol. The highest BCUT2D eigenvalue weighted by Gasteiger charge is 2.42. The summed E-state index contributed by atoms with van der Waals surface area (Å²) >= 11 is 0. The predicted octanol–water partition coefficient (Wildman–Crippen LogP) is 2.73. The summed E-state index contributed by atoms with van der Waals surface area (Å²) in [4.78, 5) is 23.9. The van der Waals surface area contributed by atoms with Gasteiger partial charge in [0.15, 0.2) is 0 Å². The van der Waals surface area contributed by atoms with Crippen LogP contribution < -0.4 is 5.32 Å². The molecule has 3 fully saturated rings. The molecule has 30 heavy (non-hydrogen) atoms. The van der Waals surface area contributed by atoms with E-state index in [9.17, 15) is 18.0 Å². The molecule has 0 aromatic carbocycles. The molecule has 1 aromatic heterocycles. The number of hydrogen-bond donors (Lipinski definition) is 2. The molecule has 2 saturated heterocycles. The van der Waals surface area contributed by atoms with Crippen molar-refractivity contribution in [2.24, 2.45) is 11.8 Å². The van der Waals surface area contributed by atoms with Gasteiger partial charge in [-0.15, -0.1) is 0 Å². The number of amides is 1. The third-order valence-electron chi connectivity index (χ3n) is 5.63. The van der Waals surface area contributed by atoms with Crippen LogP contribution in [0.4, 0.5) is 13.2 Å². The van der Waals surface area contributed by atoms with E-state index in [4.69, 9.17) is 19.1 Å². The number of carboxylic acids is 1. The fourth-order valence-electron chi connectivity index (χ4n) is 3.98. The Labute approximate surface area is 172 Å². The van der Waals surface area contributed by atoms with E-state index < -0.39 is 12.1 Å². The van der Waals surface area contributed by atoms with Gasteiger partial charge in [-0.1, -0.05) is 0 Å². The van der Waals surface area contributed by atoms with E-state index in [2.05, 4.69) is 16.3 Å². The second-order valence-electron chi connectivity index (χ2n) is 8.09. The van der Waals surface area contributed by atoms with Crippen LogP contribution in [0.5, 0.6) is 0 Å². The van der Waals surface area contributed by atoms with E-state index in [0.29, 0.717) is 12.0 Å². The zero-order chi connectivity index (χ0) is 21.9. The van der Waals surface area contributed by atoms with Crippen molar-refractivity contribution in [3.63, 3.8) is 0 Å². The van der Waals surface area contributed by atoms with Crippen molar-refractivity contribution in [2.75, 3.05) is 19.7 Å². The minimum atomic E-state index is -5.08. The smallest absolute Gasteiger partial charge is 0.475 e. The second-order valence-corrected chi connectivity index (χ2v) is 8.09. The Morgan fingerprint density at radius 2 is 1.93 bits per heavy atom. The number of furan rings is 1. The quantitative estimate of drug-likeness (QED) is 0.760. The Morgan fingerprint density at radius 3 is 2.50 bits per heavy atom. The standard InChI is InChI=1S/C18H26N2O3.C2HF3O2/c1-12-2-5-14(23-12)10-20-8-6-17-16(11-20)15(7-9-22-17)18(21)19-13-3-4-13;3-2(4,5)1(6)7/h2,5,13,15-17H,3-4,6-11H2,1H3,(H,19,21);(H,6,7)/t15-,16+,17-;/m1./s1. The van der Waals surface area contributed by atoms with Gasteiger partial charge in [-0.2, -0.15) is 13.2 Å². The highest BCUT2D eigenvalue weighted by molar-refractivity contribution is 5.79. The van der Waals surface area contributed by atoms with Crippen LogP contribution in [0, 0.1) is 18.8 Å². The van der Waals surface area contributed by atoms with Crippen LogP contribution in [0.1, 0.15) is 37.2 Å². The molecule has 3 atom stereocenters. The number of hydrogen-bond acceptors (Lipinski definition) is 5. The molecule has 1 saturated carbocycles. The third-order valence-corrected chi connectivity index (χ3v) is 5.63. The summed E-state index contributed by atoms with van der Waals surface area (Å²) in [5.41, 5.74) is 0. The normalized spacial score (nSPS) is 26.9. The molecule has 2 N–H and O–H groups in total. The maximum absolute atomic E-state index is 12.6. The van der Waals surface area contributed by atoms with Gasteiger partial charge in [0.25, 0.3) is 0 Å². The Hall–Kier alpha value is -2.07. The van der Waals surface area contributed by atoms with Gasteiger partial charge in [-0.25, -0.2) is 4.79 Å². The topological polar surface area (TPSA) is 92.0 Å². The number of nitrogens with zero attached hydrogens (tertiary/aromatic N) is 1. The fourth-order valence-corrected chi connectivity index (χ4v) is 3.98. The summed E-state index contributed by atoms with van der Waals surface area (Å²) in [7, 11) is 0. The summed E-state index contributed by atoms with van der Waals surface area (Å²) in [5, 5.41) is 10.3. The molecule has 10 heteroatoms. The van der Waals surface area contributed by atoms with Crippen LogP contribution in [0.3, 0.4) is 0 Å². The van der Waals surface area contributed by atoms with Crippen molar-refractivity contribution < 1.29 is 37.0 Å². The number of likely N-dealkylation sites (tertiary alicyclic amines) is 1. The number of fused-ring (bicyclic) bond motifs is 1. The van der Waals surface area contributed by atoms with Gasteiger partial charge in [-0.3, -0.25) is 9.69 Å². The molecule has 1 amide bonds. The number of carbonyl (C=O) groups is 2. The first-order valence-electron chi connectivity index (χ1n) is 10.1. The van der Waals surface area contributed by atoms with Crippen molar-refractivity contribution in [3.8, 4) is 0 Å². The Balaban J connectivity index is 0.000000318. The Morgan fingerprint density at radius 1 is 1.23 bits per heavy atom. The van der Waals surface area contributed by atoms with E-state index in [0.717, 1.165) is 63.4 Å². The molecule has 0 unspecified atom stereocenters. The monoisotopic (exact) mass is 432 g/mol. The molecule has 0 bridgehead atoms. The average Bonchev–Trinajstić information content (AvgIpc) is 3.40. The first-order chi connectivity index (χ1) is 14.1. The minimum Gasteiger partial charge on any atom is -0.475 e.